The summed E-state index contributed by atoms with van der Waals surface area (Å²) in [5.74, 6) is 0. The number of nitrogens with one attached hydrogen (secondary N) is 2. The number of rotatable bonds is 6. The summed E-state index contributed by atoms with van der Waals surface area (Å²) in [6.45, 7) is 4.13. The van der Waals surface area contributed by atoms with Gasteiger partial charge >= 0.3 is 6.03 Å². The Labute approximate surface area is 142 Å². The maximum absolute atomic E-state index is 12.0. The molecule has 2 amide bonds. The normalized spacial score (nSPS) is 24.6. The molecule has 0 radical (unpaired) electrons. The highest BCUT2D eigenvalue weighted by molar-refractivity contribution is 5.74. The summed E-state index contributed by atoms with van der Waals surface area (Å²) >= 11 is 0. The summed E-state index contributed by atoms with van der Waals surface area (Å²) in [6.07, 6.45) is 7.39. The topological polar surface area (TPSA) is 96.7 Å². The second-order valence-electron chi connectivity index (χ2n) is 6.40. The molecule has 1 aliphatic heterocycles. The molecule has 1 aliphatic carbocycles. The van der Waals surface area contributed by atoms with Crippen LogP contribution in [0.3, 0.4) is 0 Å². The van der Waals surface area contributed by atoms with E-state index in [1.807, 2.05) is 13.0 Å². The van der Waals surface area contributed by atoms with Crippen LogP contribution in [-0.2, 0) is 4.74 Å². The molecular weight excluding hydrogens is 312 g/mol. The van der Waals surface area contributed by atoms with Crippen LogP contribution in [0.5, 0.6) is 0 Å². The lowest BCUT2D eigenvalue weighted by Gasteiger charge is -2.38. The molecule has 1 atom stereocenters. The number of piperidine rings is 1. The Bertz CT molecular complexity index is 526. The Morgan fingerprint density at radius 3 is 2.83 bits per heavy atom. The first-order valence-corrected chi connectivity index (χ1v) is 8.27. The number of urea groups is 1. The Morgan fingerprint density at radius 1 is 1.50 bits per heavy atom. The number of carbonyl (C=O) groups is 1. The number of allylic oxidation sites excluding steroid dienone is 2. The molecule has 0 bridgehead atoms. The van der Waals surface area contributed by atoms with Crippen molar-refractivity contribution in [3.05, 3.63) is 34.0 Å². The number of likely N-dealkylation sites (tertiary alicyclic amines) is 1. The molecule has 0 spiro atoms. The Hall–Kier alpha value is -1.93. The number of nitro groups is 1. The van der Waals surface area contributed by atoms with Crippen molar-refractivity contribution in [2.24, 2.45) is 0 Å². The zero-order valence-corrected chi connectivity index (χ0v) is 14.3. The third kappa shape index (κ3) is 4.55. The van der Waals surface area contributed by atoms with Gasteiger partial charge in [0.2, 0.25) is 0 Å². The van der Waals surface area contributed by atoms with Gasteiger partial charge in [-0.3, -0.25) is 15.4 Å². The first-order chi connectivity index (χ1) is 11.5. The maximum Gasteiger partial charge on any atom is 0.317 e. The van der Waals surface area contributed by atoms with Crippen LogP contribution in [0.4, 0.5) is 4.79 Å². The van der Waals surface area contributed by atoms with Crippen molar-refractivity contribution in [2.45, 2.75) is 37.8 Å². The van der Waals surface area contributed by atoms with Gasteiger partial charge in [0.05, 0.1) is 11.5 Å². The van der Waals surface area contributed by atoms with E-state index in [1.165, 1.54) is 0 Å². The van der Waals surface area contributed by atoms with E-state index in [2.05, 4.69) is 10.6 Å². The van der Waals surface area contributed by atoms with Crippen molar-refractivity contribution >= 4 is 6.03 Å². The fourth-order valence-electron chi connectivity index (χ4n) is 3.20. The molecule has 1 unspecified atom stereocenters. The lowest BCUT2D eigenvalue weighted by atomic mass is 9.87. The largest absolute Gasteiger partial charge is 0.383 e. The zero-order valence-electron chi connectivity index (χ0n) is 14.3. The predicted octanol–water partition coefficient (Wildman–Crippen LogP) is 1.28. The van der Waals surface area contributed by atoms with Crippen molar-refractivity contribution in [2.75, 3.05) is 33.4 Å². The average molecular weight is 338 g/mol. The van der Waals surface area contributed by atoms with Crippen LogP contribution in [0.25, 0.3) is 0 Å². The fraction of sp³-hybridized carbons (Fsp3) is 0.688. The number of nitrogens with zero attached hydrogens (tertiary/aromatic N) is 2. The Morgan fingerprint density at radius 2 is 2.21 bits per heavy atom. The van der Waals surface area contributed by atoms with Crippen molar-refractivity contribution in [3.63, 3.8) is 0 Å². The van der Waals surface area contributed by atoms with Crippen LogP contribution in [0, 0.1) is 10.1 Å². The fourth-order valence-corrected chi connectivity index (χ4v) is 3.20. The van der Waals surface area contributed by atoms with Gasteiger partial charge < -0.3 is 15.0 Å². The lowest BCUT2D eigenvalue weighted by molar-refractivity contribution is -0.436. The van der Waals surface area contributed by atoms with Crippen molar-refractivity contribution in [3.8, 4) is 0 Å². The summed E-state index contributed by atoms with van der Waals surface area (Å²) in [5, 5.41) is 17.5. The van der Waals surface area contributed by atoms with Crippen molar-refractivity contribution in [1.82, 2.24) is 15.5 Å². The van der Waals surface area contributed by atoms with E-state index in [0.29, 0.717) is 32.7 Å². The highest BCUT2D eigenvalue weighted by Crippen LogP contribution is 2.27. The molecule has 0 aromatic carbocycles. The lowest BCUT2D eigenvalue weighted by Crippen LogP contribution is -2.55. The van der Waals surface area contributed by atoms with Gasteiger partial charge in [-0.25, -0.2) is 4.79 Å². The molecule has 0 saturated carbocycles. The minimum atomic E-state index is -0.661. The Balaban J connectivity index is 1.84. The monoisotopic (exact) mass is 338 g/mol. The molecule has 0 aromatic rings. The molecule has 134 valence electrons. The summed E-state index contributed by atoms with van der Waals surface area (Å²) in [4.78, 5) is 24.7. The molecule has 0 aromatic heterocycles. The minimum absolute atomic E-state index is 0.0804. The molecule has 1 saturated heterocycles. The first kappa shape index (κ1) is 18.4. The number of carbonyl (C=O) groups excluding carboxylic acids is 1. The smallest absolute Gasteiger partial charge is 0.317 e. The molecule has 2 aliphatic rings. The Kier molecular flexibility index (Phi) is 6.33. The van der Waals surface area contributed by atoms with Gasteiger partial charge in [0.1, 0.15) is 5.54 Å². The average Bonchev–Trinajstić information content (AvgIpc) is 2.55. The molecule has 24 heavy (non-hydrogen) atoms. The second kappa shape index (κ2) is 8.25. The number of hydrogen-bond acceptors (Lipinski definition) is 5. The van der Waals surface area contributed by atoms with Crippen molar-refractivity contribution in [1.29, 1.82) is 0 Å². The number of hydrogen-bond donors (Lipinski definition) is 2. The van der Waals surface area contributed by atoms with Crippen LogP contribution in [0.1, 0.15) is 26.2 Å². The maximum atomic E-state index is 12.0. The first-order valence-electron chi connectivity index (χ1n) is 8.27. The molecule has 2 rings (SSSR count). The van der Waals surface area contributed by atoms with Crippen LogP contribution >= 0.6 is 0 Å². The number of methoxy groups -OCH3 is 1. The van der Waals surface area contributed by atoms with Gasteiger partial charge in [0.15, 0.2) is 0 Å². The van der Waals surface area contributed by atoms with Crippen LogP contribution in [-0.4, -0.2) is 60.8 Å². The molecule has 2 N–H and O–H groups in total. The second-order valence-corrected chi connectivity index (χ2v) is 6.40. The van der Waals surface area contributed by atoms with Gasteiger partial charge in [0, 0.05) is 38.9 Å². The van der Waals surface area contributed by atoms with E-state index >= 15 is 0 Å². The molecule has 1 fully saturated rings. The highest BCUT2D eigenvalue weighted by atomic mass is 16.6. The molecule has 1 heterocycles. The third-order valence-corrected chi connectivity index (χ3v) is 4.57. The molecular formula is C16H26N4O4. The third-order valence-electron chi connectivity index (χ3n) is 4.57. The van der Waals surface area contributed by atoms with Crippen LogP contribution in [0.2, 0.25) is 0 Å². The summed E-state index contributed by atoms with van der Waals surface area (Å²) in [6, 6.07) is 0.0797. The van der Waals surface area contributed by atoms with Gasteiger partial charge in [-0.2, -0.15) is 0 Å². The van der Waals surface area contributed by atoms with Gasteiger partial charge in [-0.1, -0.05) is 12.2 Å². The number of amides is 2. The zero-order chi connectivity index (χ0) is 17.6. The van der Waals surface area contributed by atoms with E-state index in [0.717, 1.165) is 12.8 Å². The van der Waals surface area contributed by atoms with E-state index in [9.17, 15) is 14.9 Å². The van der Waals surface area contributed by atoms with Crippen LogP contribution < -0.4 is 10.6 Å². The SMILES string of the molecule is COCCNC(=O)N1CCC(NC2(C)CC=CC=C2[N+](=O)[O-])CC1. The van der Waals surface area contributed by atoms with E-state index in [-0.39, 0.29) is 22.7 Å². The van der Waals surface area contributed by atoms with Crippen LogP contribution in [0.15, 0.2) is 23.9 Å². The van der Waals surface area contributed by atoms with Gasteiger partial charge in [-0.05, 0) is 26.2 Å². The van der Waals surface area contributed by atoms with Gasteiger partial charge in [0.25, 0.3) is 5.70 Å². The van der Waals surface area contributed by atoms with E-state index < -0.39 is 5.54 Å². The quantitative estimate of drug-likeness (QED) is 0.432. The van der Waals surface area contributed by atoms with E-state index in [1.54, 1.807) is 24.2 Å². The molecule has 8 nitrogen and oxygen atoms in total. The van der Waals surface area contributed by atoms with E-state index in [4.69, 9.17) is 4.74 Å². The highest BCUT2D eigenvalue weighted by Gasteiger charge is 2.40. The van der Waals surface area contributed by atoms with Gasteiger partial charge in [-0.15, -0.1) is 0 Å². The standard InChI is InChI=1S/C16H26N4O4/c1-16(8-4-3-5-14(16)20(22)23)18-13-6-10-19(11-7-13)15(21)17-9-12-24-2/h3-5,13,18H,6-12H2,1-2H3,(H,17,21). The summed E-state index contributed by atoms with van der Waals surface area (Å²) in [7, 11) is 1.60. The predicted molar refractivity (Wildman–Crippen MR) is 90.2 cm³/mol. The summed E-state index contributed by atoms with van der Waals surface area (Å²) < 4.78 is 4.91. The van der Waals surface area contributed by atoms with Crippen molar-refractivity contribution < 1.29 is 14.5 Å². The minimum Gasteiger partial charge on any atom is -0.383 e. The number of ether oxygens (including phenoxy) is 1. The summed E-state index contributed by atoms with van der Waals surface area (Å²) in [5.41, 5.74) is -0.462. The molecule has 8 heteroatoms.